The maximum absolute atomic E-state index is 12.0. The quantitative estimate of drug-likeness (QED) is 0.319. The highest BCUT2D eigenvalue weighted by atomic mass is 16.5. The van der Waals surface area contributed by atoms with Crippen LogP contribution >= 0.6 is 0 Å². The molecular formula is C21H16O9. The fourth-order valence-electron chi connectivity index (χ4n) is 2.39. The lowest BCUT2D eigenvalue weighted by Crippen LogP contribution is -2.17. The summed E-state index contributed by atoms with van der Waals surface area (Å²) in [5.41, 5.74) is 0.929. The highest BCUT2D eigenvalue weighted by Gasteiger charge is 2.19. The molecule has 0 spiro atoms. The molecule has 0 aliphatic heterocycles. The number of rotatable bonds is 11. The molecule has 9 nitrogen and oxygen atoms in total. The van der Waals surface area contributed by atoms with Crippen LogP contribution in [0.2, 0.25) is 0 Å². The molecule has 154 valence electrons. The van der Waals surface area contributed by atoms with Gasteiger partial charge < -0.3 is 14.9 Å². The molecule has 0 saturated heterocycles. The van der Waals surface area contributed by atoms with Crippen LogP contribution in [0.25, 0.3) is 0 Å². The van der Waals surface area contributed by atoms with Gasteiger partial charge in [0.15, 0.2) is 11.6 Å². The Balaban J connectivity index is 1.97. The molecule has 30 heavy (non-hydrogen) atoms. The van der Waals surface area contributed by atoms with Crippen molar-refractivity contribution in [3.63, 3.8) is 0 Å². The maximum Gasteiger partial charge on any atom is 0.372 e. The van der Waals surface area contributed by atoms with E-state index < -0.39 is 47.9 Å². The molecule has 2 rings (SSSR count). The second kappa shape index (κ2) is 9.87. The monoisotopic (exact) mass is 412 g/mol. The summed E-state index contributed by atoms with van der Waals surface area (Å²) < 4.78 is 5.56. The van der Waals surface area contributed by atoms with Gasteiger partial charge in [0, 0.05) is 11.1 Å². The summed E-state index contributed by atoms with van der Waals surface area (Å²) in [6, 6.07) is 11.9. The molecular weight excluding hydrogens is 396 g/mol. The van der Waals surface area contributed by atoms with Crippen LogP contribution < -0.4 is 4.74 Å². The molecule has 0 aromatic heterocycles. The van der Waals surface area contributed by atoms with E-state index in [2.05, 4.69) is 0 Å². The third-order valence-electron chi connectivity index (χ3n) is 3.95. The van der Waals surface area contributed by atoms with Crippen LogP contribution in [0.15, 0.2) is 48.5 Å². The van der Waals surface area contributed by atoms with Crippen LogP contribution in [0.4, 0.5) is 0 Å². The van der Waals surface area contributed by atoms with Crippen LogP contribution in [0.5, 0.6) is 5.75 Å². The van der Waals surface area contributed by atoms with Crippen molar-refractivity contribution < 1.29 is 43.7 Å². The topological polar surface area (TPSA) is 152 Å². The average molecular weight is 412 g/mol. The zero-order valence-corrected chi connectivity index (χ0v) is 15.5. The van der Waals surface area contributed by atoms with Crippen LogP contribution in [-0.2, 0) is 25.8 Å². The van der Waals surface area contributed by atoms with Crippen molar-refractivity contribution in [3.8, 4) is 5.75 Å². The molecule has 2 aromatic carbocycles. The predicted octanol–water partition coefficient (Wildman–Crippen LogP) is 1.72. The fourth-order valence-corrected chi connectivity index (χ4v) is 2.39. The van der Waals surface area contributed by atoms with Gasteiger partial charge in [-0.05, 0) is 35.9 Å². The van der Waals surface area contributed by atoms with Gasteiger partial charge in [0.2, 0.25) is 11.6 Å². The number of carbonyl (C=O) groups is 6. The molecule has 0 unspecified atom stereocenters. The number of hydrogen-bond donors (Lipinski definition) is 2. The number of hydrogen-bond acceptors (Lipinski definition) is 7. The molecule has 2 aromatic rings. The number of ether oxygens (including phenoxy) is 1. The molecule has 0 aliphatic rings. The summed E-state index contributed by atoms with van der Waals surface area (Å²) in [7, 11) is 0. The van der Waals surface area contributed by atoms with Gasteiger partial charge in [0.05, 0.1) is 12.8 Å². The SMILES string of the molecule is O=C(O)C(=O)CC(=O)c1ccc(OCc2cccc(C(=O)CC(=O)C(=O)O)c2)cc1. The summed E-state index contributed by atoms with van der Waals surface area (Å²) in [5, 5.41) is 17.1. The second-order valence-electron chi connectivity index (χ2n) is 6.17. The third-order valence-corrected chi connectivity index (χ3v) is 3.95. The molecule has 2 N–H and O–H groups in total. The van der Waals surface area contributed by atoms with E-state index >= 15 is 0 Å². The Hall–Kier alpha value is -4.14. The van der Waals surface area contributed by atoms with Gasteiger partial charge in [-0.25, -0.2) is 9.59 Å². The fraction of sp³-hybridized carbons (Fsp3) is 0.143. The van der Waals surface area contributed by atoms with E-state index in [9.17, 15) is 28.8 Å². The van der Waals surface area contributed by atoms with Gasteiger partial charge in [0.25, 0.3) is 0 Å². The van der Waals surface area contributed by atoms with E-state index in [0.29, 0.717) is 11.3 Å². The minimum atomic E-state index is -1.67. The summed E-state index contributed by atoms with van der Waals surface area (Å²) in [6.07, 6.45) is -1.47. The van der Waals surface area contributed by atoms with Gasteiger partial charge in [-0.3, -0.25) is 19.2 Å². The molecule has 0 fully saturated rings. The minimum absolute atomic E-state index is 0.0544. The van der Waals surface area contributed by atoms with Crippen LogP contribution in [0.1, 0.15) is 39.1 Å². The van der Waals surface area contributed by atoms with Gasteiger partial charge in [-0.2, -0.15) is 0 Å². The second-order valence-corrected chi connectivity index (χ2v) is 6.17. The lowest BCUT2D eigenvalue weighted by atomic mass is 10.0. The van der Waals surface area contributed by atoms with Crippen molar-refractivity contribution in [3.05, 3.63) is 65.2 Å². The molecule has 0 heterocycles. The first-order valence-corrected chi connectivity index (χ1v) is 8.58. The number of benzene rings is 2. The van der Waals surface area contributed by atoms with Crippen molar-refractivity contribution in [2.45, 2.75) is 19.4 Å². The normalized spacial score (nSPS) is 10.1. The number of carboxylic acids is 2. The van der Waals surface area contributed by atoms with Gasteiger partial charge >= 0.3 is 11.9 Å². The van der Waals surface area contributed by atoms with Crippen LogP contribution in [0, 0.1) is 0 Å². The zero-order chi connectivity index (χ0) is 22.3. The summed E-state index contributed by atoms with van der Waals surface area (Å²) in [4.78, 5) is 67.2. The van der Waals surface area contributed by atoms with E-state index in [0.717, 1.165) is 0 Å². The Morgan fingerprint density at radius 2 is 1.23 bits per heavy atom. The Kier molecular flexibility index (Phi) is 7.29. The molecule has 9 heteroatoms. The minimum Gasteiger partial charge on any atom is -0.489 e. The van der Waals surface area contributed by atoms with Crippen LogP contribution in [0.3, 0.4) is 0 Å². The Morgan fingerprint density at radius 1 is 0.700 bits per heavy atom. The Bertz CT molecular complexity index is 1020. The van der Waals surface area contributed by atoms with Gasteiger partial charge in [0.1, 0.15) is 12.4 Å². The van der Waals surface area contributed by atoms with Crippen molar-refractivity contribution >= 4 is 35.1 Å². The van der Waals surface area contributed by atoms with Gasteiger partial charge in [-0.15, -0.1) is 0 Å². The van der Waals surface area contributed by atoms with Gasteiger partial charge in [-0.1, -0.05) is 18.2 Å². The average Bonchev–Trinajstić information content (AvgIpc) is 2.72. The largest absolute Gasteiger partial charge is 0.489 e. The predicted molar refractivity (Wildman–Crippen MR) is 100 cm³/mol. The summed E-state index contributed by atoms with van der Waals surface area (Å²) in [5.74, 6) is -6.59. The van der Waals surface area contributed by atoms with E-state index in [1.165, 1.54) is 36.4 Å². The molecule has 0 aliphatic carbocycles. The molecule has 0 atom stereocenters. The van der Waals surface area contributed by atoms with E-state index in [4.69, 9.17) is 14.9 Å². The zero-order valence-electron chi connectivity index (χ0n) is 15.5. The molecule has 0 saturated carbocycles. The number of Topliss-reactive ketones (excluding diaryl/α,β-unsaturated/α-hetero) is 4. The van der Waals surface area contributed by atoms with Crippen molar-refractivity contribution in [1.29, 1.82) is 0 Å². The van der Waals surface area contributed by atoms with Crippen molar-refractivity contribution in [2.24, 2.45) is 0 Å². The van der Waals surface area contributed by atoms with Crippen LogP contribution in [-0.4, -0.2) is 45.3 Å². The van der Waals surface area contributed by atoms with E-state index in [1.54, 1.807) is 12.1 Å². The molecule has 0 bridgehead atoms. The maximum atomic E-state index is 12.0. The Labute approximate surface area is 169 Å². The highest BCUT2D eigenvalue weighted by Crippen LogP contribution is 2.16. The lowest BCUT2D eigenvalue weighted by Gasteiger charge is -2.08. The molecule has 0 amide bonds. The lowest BCUT2D eigenvalue weighted by molar-refractivity contribution is -0.148. The number of carboxylic acid groups (broad SMARTS) is 2. The smallest absolute Gasteiger partial charge is 0.372 e. The molecule has 0 radical (unpaired) electrons. The first-order valence-electron chi connectivity index (χ1n) is 8.58. The first-order chi connectivity index (χ1) is 14.2. The highest BCUT2D eigenvalue weighted by molar-refractivity contribution is 6.37. The number of ketones is 4. The third kappa shape index (κ3) is 6.20. The summed E-state index contributed by atoms with van der Waals surface area (Å²) >= 11 is 0. The first kappa shape index (κ1) is 22.2. The number of carbonyl (C=O) groups excluding carboxylic acids is 4. The van der Waals surface area contributed by atoms with Crippen molar-refractivity contribution in [2.75, 3.05) is 0 Å². The number of aliphatic carboxylic acids is 2. The standard InChI is InChI=1S/C21H16O9/c22-16(9-18(24)20(26)27)13-4-6-15(7-5-13)30-11-12-2-1-3-14(8-12)17(23)10-19(25)21(28)29/h1-8H,9-11H2,(H,26,27)(H,28,29). The van der Waals surface area contributed by atoms with E-state index in [1.807, 2.05) is 0 Å². The van der Waals surface area contributed by atoms with E-state index in [-0.39, 0.29) is 17.7 Å². The Morgan fingerprint density at radius 3 is 1.77 bits per heavy atom. The van der Waals surface area contributed by atoms with Crippen molar-refractivity contribution in [1.82, 2.24) is 0 Å². The summed E-state index contributed by atoms with van der Waals surface area (Å²) in [6.45, 7) is 0.0544.